The van der Waals surface area contributed by atoms with Gasteiger partial charge >= 0.3 is 18.0 Å². The zero-order chi connectivity index (χ0) is 24.1. The Morgan fingerprint density at radius 3 is 2.48 bits per heavy atom. The van der Waals surface area contributed by atoms with E-state index in [0.717, 1.165) is 0 Å². The van der Waals surface area contributed by atoms with Crippen LogP contribution in [-0.2, 0) is 19.1 Å². The number of carbonyl (C=O) groups excluding carboxylic acids is 4. The molecule has 1 aliphatic heterocycles. The zero-order valence-corrected chi connectivity index (χ0v) is 18.7. The highest BCUT2D eigenvalue weighted by atomic mass is 16.5. The van der Waals surface area contributed by atoms with Crippen LogP contribution in [0.1, 0.15) is 47.3 Å². The van der Waals surface area contributed by atoms with E-state index in [0.29, 0.717) is 22.8 Å². The van der Waals surface area contributed by atoms with Gasteiger partial charge in [-0.25, -0.2) is 14.4 Å². The molecule has 0 radical (unpaired) electrons. The third-order valence-corrected chi connectivity index (χ3v) is 4.84. The second-order valence-corrected chi connectivity index (χ2v) is 7.35. The zero-order valence-electron chi connectivity index (χ0n) is 18.7. The number of aryl methyl sites for hydroxylation is 2. The molecule has 3 N–H and O–H groups in total. The van der Waals surface area contributed by atoms with Gasteiger partial charge in [-0.3, -0.25) is 4.79 Å². The average Bonchev–Trinajstić information content (AvgIpc) is 3.19. The Labute approximate surface area is 190 Å². The molecule has 0 spiro atoms. The summed E-state index contributed by atoms with van der Waals surface area (Å²) in [7, 11) is 0. The van der Waals surface area contributed by atoms with Crippen molar-refractivity contribution in [2.75, 3.05) is 18.5 Å². The van der Waals surface area contributed by atoms with E-state index in [2.05, 4.69) is 16.0 Å². The molecule has 1 aromatic carbocycles. The summed E-state index contributed by atoms with van der Waals surface area (Å²) in [6.07, 6.45) is 0. The molecule has 0 saturated heterocycles. The van der Waals surface area contributed by atoms with Crippen molar-refractivity contribution in [2.24, 2.45) is 0 Å². The lowest BCUT2D eigenvalue weighted by Gasteiger charge is -2.27. The minimum atomic E-state index is -0.922. The number of nitrogens with one attached hydrogen (secondary N) is 3. The van der Waals surface area contributed by atoms with Crippen molar-refractivity contribution in [3.8, 4) is 0 Å². The topological polar surface area (TPSA) is 136 Å². The number of ether oxygens (including phenoxy) is 2. The highest BCUT2D eigenvalue weighted by molar-refractivity contribution is 6.02. The SMILES string of the molecule is CCOC(=O)C1=C(COC(=O)c2cccc(C)c2NC(C)=O)NC(=O)NC1c1ccc(C)o1. The number of rotatable bonds is 7. The molecule has 3 rings (SSSR count). The molecule has 1 atom stereocenters. The normalized spacial score (nSPS) is 15.4. The molecular weight excluding hydrogens is 430 g/mol. The molecule has 10 heteroatoms. The molecule has 174 valence electrons. The predicted octanol–water partition coefficient (Wildman–Crippen LogP) is 2.88. The van der Waals surface area contributed by atoms with Gasteiger partial charge in [-0.1, -0.05) is 12.1 Å². The van der Waals surface area contributed by atoms with E-state index in [9.17, 15) is 19.2 Å². The molecule has 0 bridgehead atoms. The van der Waals surface area contributed by atoms with Crippen LogP contribution in [-0.4, -0.2) is 37.1 Å². The Morgan fingerprint density at radius 1 is 1.09 bits per heavy atom. The molecule has 10 nitrogen and oxygen atoms in total. The van der Waals surface area contributed by atoms with Crippen molar-refractivity contribution in [2.45, 2.75) is 33.7 Å². The van der Waals surface area contributed by atoms with Crippen molar-refractivity contribution in [1.29, 1.82) is 0 Å². The predicted molar refractivity (Wildman–Crippen MR) is 117 cm³/mol. The van der Waals surface area contributed by atoms with Crippen LogP contribution in [0, 0.1) is 13.8 Å². The first-order valence-corrected chi connectivity index (χ1v) is 10.3. The van der Waals surface area contributed by atoms with Gasteiger partial charge in [-0.15, -0.1) is 0 Å². The van der Waals surface area contributed by atoms with Crippen molar-refractivity contribution in [3.63, 3.8) is 0 Å². The highest BCUT2D eigenvalue weighted by Gasteiger charge is 2.36. The Bertz CT molecular complexity index is 1130. The van der Waals surface area contributed by atoms with E-state index in [1.165, 1.54) is 13.0 Å². The monoisotopic (exact) mass is 455 g/mol. The van der Waals surface area contributed by atoms with Gasteiger partial charge in [0.2, 0.25) is 5.91 Å². The smallest absolute Gasteiger partial charge is 0.340 e. The first-order valence-electron chi connectivity index (χ1n) is 10.3. The molecule has 3 amide bonds. The fourth-order valence-electron chi connectivity index (χ4n) is 3.40. The van der Waals surface area contributed by atoms with Crippen LogP contribution in [0.25, 0.3) is 0 Å². The summed E-state index contributed by atoms with van der Waals surface area (Å²) in [6.45, 7) is 6.16. The summed E-state index contributed by atoms with van der Waals surface area (Å²) in [5, 5.41) is 7.77. The van der Waals surface area contributed by atoms with Crippen LogP contribution in [0.3, 0.4) is 0 Å². The summed E-state index contributed by atoms with van der Waals surface area (Å²) < 4.78 is 16.2. The van der Waals surface area contributed by atoms with Gasteiger partial charge in [0.1, 0.15) is 24.2 Å². The second-order valence-electron chi connectivity index (χ2n) is 7.35. The second kappa shape index (κ2) is 10.0. The Kier molecular flexibility index (Phi) is 7.17. The summed E-state index contributed by atoms with van der Waals surface area (Å²) >= 11 is 0. The van der Waals surface area contributed by atoms with E-state index in [-0.39, 0.29) is 29.3 Å². The maximum atomic E-state index is 12.8. The molecule has 2 aromatic rings. The number of anilines is 1. The molecule has 1 aliphatic rings. The number of benzene rings is 1. The molecule has 1 unspecified atom stereocenters. The standard InChI is InChI=1S/C23H25N3O7/c1-5-31-22(29)18-16(25-23(30)26-20(18)17-10-9-13(3)33-17)11-32-21(28)15-8-6-7-12(2)19(15)24-14(4)27/h6-10,20H,5,11H2,1-4H3,(H,24,27)(H2,25,26,30). The third-order valence-electron chi connectivity index (χ3n) is 4.84. The third kappa shape index (κ3) is 5.40. The van der Waals surface area contributed by atoms with Crippen LogP contribution in [0.5, 0.6) is 0 Å². The Morgan fingerprint density at radius 2 is 1.85 bits per heavy atom. The lowest BCUT2D eigenvalue weighted by molar-refractivity contribution is -0.139. The summed E-state index contributed by atoms with van der Waals surface area (Å²) in [5.74, 6) is -0.839. The van der Waals surface area contributed by atoms with Crippen LogP contribution in [0.4, 0.5) is 10.5 Å². The molecule has 33 heavy (non-hydrogen) atoms. The fourth-order valence-corrected chi connectivity index (χ4v) is 3.40. The van der Waals surface area contributed by atoms with Gasteiger partial charge < -0.3 is 29.8 Å². The van der Waals surface area contributed by atoms with Gasteiger partial charge in [0, 0.05) is 6.92 Å². The molecule has 0 fully saturated rings. The van der Waals surface area contributed by atoms with E-state index in [1.807, 2.05) is 0 Å². The van der Waals surface area contributed by atoms with Crippen molar-refractivity contribution in [3.05, 3.63) is 64.2 Å². The lowest BCUT2D eigenvalue weighted by atomic mass is 10.0. The summed E-state index contributed by atoms with van der Waals surface area (Å²) in [5.41, 5.74) is 1.27. The number of para-hydroxylation sites is 1. The number of hydrogen-bond acceptors (Lipinski definition) is 7. The summed E-state index contributed by atoms with van der Waals surface area (Å²) in [4.78, 5) is 49.4. The number of carbonyl (C=O) groups is 4. The summed E-state index contributed by atoms with van der Waals surface area (Å²) in [6, 6.07) is 6.73. The fraction of sp³-hybridized carbons (Fsp3) is 0.304. The van der Waals surface area contributed by atoms with Crippen LogP contribution < -0.4 is 16.0 Å². The van der Waals surface area contributed by atoms with Crippen molar-refractivity contribution >= 4 is 29.6 Å². The van der Waals surface area contributed by atoms with E-state index < -0.39 is 30.6 Å². The van der Waals surface area contributed by atoms with Crippen LogP contribution in [0.2, 0.25) is 0 Å². The Balaban J connectivity index is 1.93. The largest absolute Gasteiger partial charge is 0.464 e. The quantitative estimate of drug-likeness (QED) is 0.546. The number of furan rings is 1. The average molecular weight is 455 g/mol. The molecular formula is C23H25N3O7. The maximum Gasteiger partial charge on any atom is 0.340 e. The van der Waals surface area contributed by atoms with Crippen LogP contribution in [0.15, 0.2) is 46.0 Å². The first-order chi connectivity index (χ1) is 15.7. The first kappa shape index (κ1) is 23.6. The van der Waals surface area contributed by atoms with E-state index >= 15 is 0 Å². The van der Waals surface area contributed by atoms with Crippen LogP contribution >= 0.6 is 0 Å². The molecule has 1 aromatic heterocycles. The minimum absolute atomic E-state index is 0.0601. The van der Waals surface area contributed by atoms with Gasteiger partial charge in [0.05, 0.1) is 29.1 Å². The molecule has 0 aliphatic carbocycles. The van der Waals surface area contributed by atoms with Gasteiger partial charge in [-0.2, -0.15) is 0 Å². The number of urea groups is 1. The van der Waals surface area contributed by atoms with Gasteiger partial charge in [-0.05, 0) is 44.5 Å². The maximum absolute atomic E-state index is 12.8. The highest BCUT2D eigenvalue weighted by Crippen LogP contribution is 2.29. The van der Waals surface area contributed by atoms with Gasteiger partial charge in [0.15, 0.2) is 0 Å². The molecule has 2 heterocycles. The van der Waals surface area contributed by atoms with Gasteiger partial charge in [0.25, 0.3) is 0 Å². The number of amides is 3. The number of esters is 2. The van der Waals surface area contributed by atoms with Crippen molar-refractivity contribution < 1.29 is 33.1 Å². The Hall–Kier alpha value is -4.08. The minimum Gasteiger partial charge on any atom is -0.464 e. The number of hydrogen-bond donors (Lipinski definition) is 3. The van der Waals surface area contributed by atoms with E-state index in [1.54, 1.807) is 45.0 Å². The lowest BCUT2D eigenvalue weighted by Crippen LogP contribution is -2.47. The van der Waals surface area contributed by atoms with E-state index in [4.69, 9.17) is 13.9 Å². The van der Waals surface area contributed by atoms with Crippen molar-refractivity contribution in [1.82, 2.24) is 10.6 Å². The molecule has 0 saturated carbocycles.